The van der Waals surface area contributed by atoms with Crippen LogP contribution < -0.4 is 0 Å². The van der Waals surface area contributed by atoms with Gasteiger partial charge in [0.05, 0.1) is 0 Å². The summed E-state index contributed by atoms with van der Waals surface area (Å²) in [5.74, 6) is -6.31. The van der Waals surface area contributed by atoms with Crippen molar-refractivity contribution in [2.45, 2.75) is 64.7 Å². The largest absolute Gasteiger partial charge is 0.383 e. The van der Waals surface area contributed by atoms with Gasteiger partial charge in [0.2, 0.25) is 0 Å². The molecule has 6 heteroatoms. The quantitative estimate of drug-likeness (QED) is 0.437. The van der Waals surface area contributed by atoms with Crippen molar-refractivity contribution in [3.63, 3.8) is 0 Å². The fraction of sp³-hybridized carbons (Fsp3) is 0.923. The van der Waals surface area contributed by atoms with Crippen LogP contribution in [0.2, 0.25) is 0 Å². The molecular formula is C13H23F4NO. The van der Waals surface area contributed by atoms with Crippen LogP contribution in [-0.2, 0) is 4.79 Å². The number of carbonyl (C=O) groups excluding carboxylic acids is 1. The number of hydrogen-bond acceptors (Lipinski definition) is 1. The molecule has 114 valence electrons. The van der Waals surface area contributed by atoms with E-state index in [-0.39, 0.29) is 13.1 Å². The van der Waals surface area contributed by atoms with Gasteiger partial charge in [-0.05, 0) is 12.8 Å². The summed E-state index contributed by atoms with van der Waals surface area (Å²) in [5, 5.41) is 0. The SMILES string of the molecule is CCCCCN(CCCCC)C(=O)C(F)(F)C(F)F. The summed E-state index contributed by atoms with van der Waals surface area (Å²) in [6.45, 7) is 4.13. The first-order valence-corrected chi connectivity index (χ1v) is 6.83. The van der Waals surface area contributed by atoms with Crippen LogP contribution in [0, 0.1) is 0 Å². The second-order valence-corrected chi connectivity index (χ2v) is 4.63. The third kappa shape index (κ3) is 6.25. The number of carbonyl (C=O) groups is 1. The zero-order valence-corrected chi connectivity index (χ0v) is 11.6. The molecule has 0 rings (SSSR count). The molecule has 0 heterocycles. The molecule has 0 spiro atoms. The second-order valence-electron chi connectivity index (χ2n) is 4.63. The normalized spacial score (nSPS) is 11.9. The fourth-order valence-corrected chi connectivity index (χ4v) is 1.72. The number of unbranched alkanes of at least 4 members (excludes halogenated alkanes) is 4. The molecule has 0 aromatic carbocycles. The highest BCUT2D eigenvalue weighted by molar-refractivity contribution is 5.84. The summed E-state index contributed by atoms with van der Waals surface area (Å²) in [6.07, 6.45) is 0.515. The van der Waals surface area contributed by atoms with E-state index in [0.717, 1.165) is 30.6 Å². The van der Waals surface area contributed by atoms with Gasteiger partial charge < -0.3 is 4.90 Å². The minimum absolute atomic E-state index is 0.124. The van der Waals surface area contributed by atoms with E-state index in [4.69, 9.17) is 0 Å². The number of halogens is 4. The van der Waals surface area contributed by atoms with Crippen molar-refractivity contribution < 1.29 is 22.4 Å². The molecule has 0 radical (unpaired) electrons. The summed E-state index contributed by atoms with van der Waals surface area (Å²) in [7, 11) is 0. The van der Waals surface area contributed by atoms with Crippen molar-refractivity contribution in [2.75, 3.05) is 13.1 Å². The zero-order chi connectivity index (χ0) is 14.9. The van der Waals surface area contributed by atoms with Crippen molar-refractivity contribution in [3.8, 4) is 0 Å². The summed E-state index contributed by atoms with van der Waals surface area (Å²) in [6, 6.07) is 0. The average Bonchev–Trinajstić information content (AvgIpc) is 2.36. The van der Waals surface area contributed by atoms with E-state index >= 15 is 0 Å². The minimum Gasteiger partial charge on any atom is -0.337 e. The number of hydrogen-bond donors (Lipinski definition) is 0. The molecule has 0 saturated heterocycles. The Kier molecular flexibility index (Phi) is 8.76. The van der Waals surface area contributed by atoms with E-state index in [1.165, 1.54) is 0 Å². The molecule has 0 bridgehead atoms. The average molecular weight is 285 g/mol. The lowest BCUT2D eigenvalue weighted by Gasteiger charge is -2.26. The lowest BCUT2D eigenvalue weighted by atomic mass is 10.2. The maximum atomic E-state index is 13.1. The molecule has 0 aromatic rings. The molecule has 0 fully saturated rings. The number of nitrogens with zero attached hydrogens (tertiary/aromatic N) is 1. The van der Waals surface area contributed by atoms with Gasteiger partial charge in [-0.25, -0.2) is 8.78 Å². The molecule has 1 amide bonds. The molecule has 0 aromatic heterocycles. The van der Waals surface area contributed by atoms with Gasteiger partial charge in [0.1, 0.15) is 0 Å². The van der Waals surface area contributed by atoms with Crippen LogP contribution >= 0.6 is 0 Å². The molecule has 0 aliphatic carbocycles. The highest BCUT2D eigenvalue weighted by Gasteiger charge is 2.50. The standard InChI is InChI=1S/C13H23F4NO/c1-3-5-7-9-18(10-8-6-4-2)12(19)13(16,17)11(14)15/h11H,3-10H2,1-2H3. The Labute approximate surface area is 112 Å². The Balaban J connectivity index is 4.56. The lowest BCUT2D eigenvalue weighted by molar-refractivity contribution is -0.180. The maximum absolute atomic E-state index is 13.1. The Bertz CT molecular complexity index is 249. The molecule has 19 heavy (non-hydrogen) atoms. The highest BCUT2D eigenvalue weighted by atomic mass is 19.3. The van der Waals surface area contributed by atoms with Crippen molar-refractivity contribution >= 4 is 5.91 Å². The molecule has 0 aliphatic heterocycles. The maximum Gasteiger partial charge on any atom is 0.383 e. The van der Waals surface area contributed by atoms with E-state index in [1.807, 2.05) is 13.8 Å². The zero-order valence-electron chi connectivity index (χ0n) is 11.6. The minimum atomic E-state index is -4.57. The summed E-state index contributed by atoms with van der Waals surface area (Å²) >= 11 is 0. The second kappa shape index (κ2) is 9.15. The van der Waals surface area contributed by atoms with Crippen molar-refractivity contribution in [1.29, 1.82) is 0 Å². The third-order valence-corrected chi connectivity index (χ3v) is 2.91. The van der Waals surface area contributed by atoms with Gasteiger partial charge in [-0.2, -0.15) is 8.78 Å². The molecule has 0 saturated carbocycles. The van der Waals surface area contributed by atoms with Crippen molar-refractivity contribution in [3.05, 3.63) is 0 Å². The molecule has 2 nitrogen and oxygen atoms in total. The van der Waals surface area contributed by atoms with Crippen LogP contribution in [0.1, 0.15) is 52.4 Å². The molecule has 0 N–H and O–H groups in total. The van der Waals surface area contributed by atoms with Gasteiger partial charge in [0, 0.05) is 13.1 Å². The number of rotatable bonds is 10. The van der Waals surface area contributed by atoms with Gasteiger partial charge in [0.25, 0.3) is 5.91 Å². The first kappa shape index (κ1) is 18.2. The van der Waals surface area contributed by atoms with Gasteiger partial charge in [-0.15, -0.1) is 0 Å². The Morgan fingerprint density at radius 1 is 1.00 bits per heavy atom. The van der Waals surface area contributed by atoms with Crippen LogP contribution in [0.3, 0.4) is 0 Å². The first-order chi connectivity index (χ1) is 8.87. The smallest absolute Gasteiger partial charge is 0.337 e. The van der Waals surface area contributed by atoms with Crippen LogP contribution in [0.15, 0.2) is 0 Å². The summed E-state index contributed by atoms with van der Waals surface area (Å²) in [5.41, 5.74) is 0. The van der Waals surface area contributed by atoms with Crippen LogP contribution in [-0.4, -0.2) is 36.2 Å². The predicted molar refractivity (Wildman–Crippen MR) is 66.6 cm³/mol. The van der Waals surface area contributed by atoms with Crippen LogP contribution in [0.5, 0.6) is 0 Å². The topological polar surface area (TPSA) is 20.3 Å². The van der Waals surface area contributed by atoms with Gasteiger partial charge in [0.15, 0.2) is 0 Å². The third-order valence-electron chi connectivity index (χ3n) is 2.91. The Morgan fingerprint density at radius 2 is 1.42 bits per heavy atom. The van der Waals surface area contributed by atoms with Gasteiger partial charge in [-0.1, -0.05) is 39.5 Å². The van der Waals surface area contributed by atoms with Crippen LogP contribution in [0.4, 0.5) is 17.6 Å². The van der Waals surface area contributed by atoms with E-state index < -0.39 is 18.3 Å². The van der Waals surface area contributed by atoms with E-state index in [1.54, 1.807) is 0 Å². The molecule has 0 aliphatic rings. The van der Waals surface area contributed by atoms with E-state index in [2.05, 4.69) is 0 Å². The first-order valence-electron chi connectivity index (χ1n) is 6.83. The van der Waals surface area contributed by atoms with E-state index in [9.17, 15) is 22.4 Å². The van der Waals surface area contributed by atoms with Crippen LogP contribution in [0.25, 0.3) is 0 Å². The van der Waals surface area contributed by atoms with Gasteiger partial charge >= 0.3 is 12.3 Å². The molecular weight excluding hydrogens is 262 g/mol. The highest BCUT2D eigenvalue weighted by Crippen LogP contribution is 2.26. The monoisotopic (exact) mass is 285 g/mol. The summed E-state index contributed by atoms with van der Waals surface area (Å²) < 4.78 is 50.5. The summed E-state index contributed by atoms with van der Waals surface area (Å²) in [4.78, 5) is 12.4. The molecule has 0 unspecified atom stereocenters. The Morgan fingerprint density at radius 3 is 1.74 bits per heavy atom. The molecule has 0 atom stereocenters. The lowest BCUT2D eigenvalue weighted by Crippen LogP contribution is -2.48. The van der Waals surface area contributed by atoms with Crippen molar-refractivity contribution in [2.24, 2.45) is 0 Å². The number of alkyl halides is 4. The van der Waals surface area contributed by atoms with Crippen molar-refractivity contribution in [1.82, 2.24) is 4.90 Å². The van der Waals surface area contributed by atoms with Gasteiger partial charge in [-0.3, -0.25) is 4.79 Å². The number of amides is 1. The van der Waals surface area contributed by atoms with E-state index in [0.29, 0.717) is 12.8 Å². The Hall–Kier alpha value is -0.810. The fourth-order valence-electron chi connectivity index (χ4n) is 1.72. The predicted octanol–water partition coefficient (Wildman–Crippen LogP) is 4.10.